The van der Waals surface area contributed by atoms with Crippen molar-refractivity contribution >= 4 is 29.5 Å². The minimum atomic E-state index is -0.457. The van der Waals surface area contributed by atoms with Crippen LogP contribution in [-0.2, 0) is 9.59 Å². The molecule has 0 atom stereocenters. The van der Waals surface area contributed by atoms with Gasteiger partial charge in [0.25, 0.3) is 11.8 Å². The molecule has 0 aliphatic heterocycles. The minimum absolute atomic E-state index is 0.194. The zero-order valence-corrected chi connectivity index (χ0v) is 15.7. The fourth-order valence-corrected chi connectivity index (χ4v) is 2.45. The van der Waals surface area contributed by atoms with Gasteiger partial charge < -0.3 is 4.74 Å². The van der Waals surface area contributed by atoms with Gasteiger partial charge in [0.15, 0.2) is 6.61 Å². The van der Waals surface area contributed by atoms with Gasteiger partial charge in [-0.25, -0.2) is 0 Å². The minimum Gasteiger partial charge on any atom is -0.484 e. The molecular weight excluding hydrogens is 352 g/mol. The van der Waals surface area contributed by atoms with Crippen molar-refractivity contribution in [3.05, 3.63) is 69.8 Å². The van der Waals surface area contributed by atoms with Gasteiger partial charge in [0.2, 0.25) is 0 Å². The molecule has 2 aromatic carbocycles. The number of carbonyl (C=O) groups is 2. The Morgan fingerprint density at radius 2 is 1.73 bits per heavy atom. The summed E-state index contributed by atoms with van der Waals surface area (Å²) in [4.78, 5) is 23.5. The molecule has 2 aromatic rings. The van der Waals surface area contributed by atoms with E-state index in [4.69, 9.17) is 16.3 Å². The Kier molecular flexibility index (Phi) is 6.81. The normalized spacial score (nSPS) is 10.6. The Hall–Kier alpha value is -2.79. The van der Waals surface area contributed by atoms with Crippen LogP contribution in [0, 0.1) is 20.8 Å². The maximum atomic E-state index is 11.8. The Morgan fingerprint density at radius 1 is 1.04 bits per heavy atom. The molecule has 6 heteroatoms. The van der Waals surface area contributed by atoms with Gasteiger partial charge in [-0.2, -0.15) is 0 Å². The van der Waals surface area contributed by atoms with Crippen LogP contribution >= 0.6 is 11.6 Å². The Morgan fingerprint density at radius 3 is 2.38 bits per heavy atom. The van der Waals surface area contributed by atoms with Gasteiger partial charge in [-0.15, -0.1) is 0 Å². The van der Waals surface area contributed by atoms with Crippen molar-refractivity contribution in [2.45, 2.75) is 20.8 Å². The first kappa shape index (κ1) is 19.5. The van der Waals surface area contributed by atoms with Gasteiger partial charge in [0.05, 0.1) is 0 Å². The Balaban J connectivity index is 1.78. The Labute approximate surface area is 158 Å². The fourth-order valence-electron chi connectivity index (χ4n) is 2.26. The smallest absolute Gasteiger partial charge is 0.276 e. The van der Waals surface area contributed by atoms with Crippen LogP contribution in [0.5, 0.6) is 5.75 Å². The molecule has 0 saturated carbocycles. The van der Waals surface area contributed by atoms with E-state index in [0.29, 0.717) is 10.8 Å². The first-order valence-electron chi connectivity index (χ1n) is 8.07. The number of nitrogens with one attached hydrogen (secondary N) is 2. The van der Waals surface area contributed by atoms with E-state index >= 15 is 0 Å². The summed E-state index contributed by atoms with van der Waals surface area (Å²) in [5.74, 6) is -0.300. The third-order valence-electron chi connectivity index (χ3n) is 3.51. The Bertz CT molecular complexity index is 827. The van der Waals surface area contributed by atoms with Crippen LogP contribution in [0.25, 0.3) is 6.08 Å². The molecule has 2 N–H and O–H groups in total. The topological polar surface area (TPSA) is 67.4 Å². The monoisotopic (exact) mass is 372 g/mol. The van der Waals surface area contributed by atoms with Crippen LogP contribution in [0.1, 0.15) is 22.3 Å². The molecule has 2 rings (SSSR count). The second-order valence-electron chi connectivity index (χ2n) is 5.99. The highest BCUT2D eigenvalue weighted by atomic mass is 35.5. The maximum absolute atomic E-state index is 11.8. The number of carbonyl (C=O) groups excluding carboxylic acids is 2. The summed E-state index contributed by atoms with van der Waals surface area (Å²) in [5, 5.41) is 0.629. The first-order valence-corrected chi connectivity index (χ1v) is 8.45. The number of halogens is 1. The lowest BCUT2D eigenvalue weighted by molar-refractivity contribution is -0.128. The highest BCUT2D eigenvalue weighted by Crippen LogP contribution is 2.17. The third-order valence-corrected chi connectivity index (χ3v) is 3.92. The third kappa shape index (κ3) is 6.26. The number of amides is 2. The molecule has 0 aliphatic carbocycles. The first-order chi connectivity index (χ1) is 12.3. The molecule has 0 spiro atoms. The molecule has 0 saturated heterocycles. The van der Waals surface area contributed by atoms with Crippen molar-refractivity contribution in [3.8, 4) is 5.75 Å². The highest BCUT2D eigenvalue weighted by molar-refractivity contribution is 6.31. The number of ether oxygens (including phenoxy) is 1. The average molecular weight is 373 g/mol. The largest absolute Gasteiger partial charge is 0.484 e. The van der Waals surface area contributed by atoms with Crippen molar-refractivity contribution in [2.75, 3.05) is 6.61 Å². The number of rotatable bonds is 5. The van der Waals surface area contributed by atoms with Crippen LogP contribution < -0.4 is 15.6 Å². The van der Waals surface area contributed by atoms with E-state index < -0.39 is 11.8 Å². The van der Waals surface area contributed by atoms with E-state index in [2.05, 4.69) is 10.9 Å². The maximum Gasteiger partial charge on any atom is 0.276 e. The molecule has 136 valence electrons. The van der Waals surface area contributed by atoms with Gasteiger partial charge in [0.1, 0.15) is 5.75 Å². The SMILES string of the molecule is Cc1cc(C)cc(OCC(=O)NNC(=O)/C=C/c2ccc(C)c(Cl)c2)c1. The van der Waals surface area contributed by atoms with Crippen molar-refractivity contribution < 1.29 is 14.3 Å². The van der Waals surface area contributed by atoms with Crippen LogP contribution in [0.2, 0.25) is 5.02 Å². The number of hydrogen-bond donors (Lipinski definition) is 2. The molecule has 26 heavy (non-hydrogen) atoms. The molecule has 2 amide bonds. The quantitative estimate of drug-likeness (QED) is 0.623. The summed E-state index contributed by atoms with van der Waals surface area (Å²) in [6.07, 6.45) is 2.92. The summed E-state index contributed by atoms with van der Waals surface area (Å²) in [6, 6.07) is 11.2. The predicted molar refractivity (Wildman–Crippen MR) is 103 cm³/mol. The molecule has 0 unspecified atom stereocenters. The lowest BCUT2D eigenvalue weighted by Gasteiger charge is -2.09. The van der Waals surface area contributed by atoms with Gasteiger partial charge in [-0.1, -0.05) is 29.8 Å². The van der Waals surface area contributed by atoms with Crippen LogP contribution in [0.3, 0.4) is 0 Å². The number of hydrogen-bond acceptors (Lipinski definition) is 3. The number of aryl methyl sites for hydroxylation is 3. The zero-order chi connectivity index (χ0) is 19.1. The second-order valence-corrected chi connectivity index (χ2v) is 6.40. The van der Waals surface area contributed by atoms with Crippen LogP contribution in [0.4, 0.5) is 0 Å². The fraction of sp³-hybridized carbons (Fsp3) is 0.200. The lowest BCUT2D eigenvalue weighted by Crippen LogP contribution is -2.43. The molecule has 0 aliphatic rings. The van der Waals surface area contributed by atoms with Gasteiger partial charge in [-0.3, -0.25) is 20.4 Å². The molecule has 5 nitrogen and oxygen atoms in total. The second kappa shape index (κ2) is 9.06. The predicted octanol–water partition coefficient (Wildman–Crippen LogP) is 3.50. The summed E-state index contributed by atoms with van der Waals surface area (Å²) in [7, 11) is 0. The molecule has 0 radical (unpaired) electrons. The van der Waals surface area contributed by atoms with E-state index in [1.807, 2.05) is 51.1 Å². The lowest BCUT2D eigenvalue weighted by atomic mass is 10.1. The van der Waals surface area contributed by atoms with E-state index in [1.54, 1.807) is 12.1 Å². The molecule has 0 aromatic heterocycles. The summed E-state index contributed by atoms with van der Waals surface area (Å²) >= 11 is 6.03. The van der Waals surface area contributed by atoms with E-state index in [1.165, 1.54) is 6.08 Å². The zero-order valence-electron chi connectivity index (χ0n) is 14.9. The summed E-state index contributed by atoms with van der Waals surface area (Å²) in [6.45, 7) is 5.61. The number of hydrazine groups is 1. The van der Waals surface area contributed by atoms with Gasteiger partial charge >= 0.3 is 0 Å². The van der Waals surface area contributed by atoms with E-state index in [9.17, 15) is 9.59 Å². The summed E-state index contributed by atoms with van der Waals surface area (Å²) < 4.78 is 5.42. The van der Waals surface area contributed by atoms with Crippen LogP contribution in [-0.4, -0.2) is 18.4 Å². The van der Waals surface area contributed by atoms with Crippen molar-refractivity contribution in [2.24, 2.45) is 0 Å². The van der Waals surface area contributed by atoms with Crippen molar-refractivity contribution in [3.63, 3.8) is 0 Å². The van der Waals surface area contributed by atoms with E-state index in [0.717, 1.165) is 22.3 Å². The molecule has 0 fully saturated rings. The highest BCUT2D eigenvalue weighted by Gasteiger charge is 2.05. The molecular formula is C20H21ClN2O3. The van der Waals surface area contributed by atoms with Gasteiger partial charge in [0, 0.05) is 11.1 Å². The molecule has 0 bridgehead atoms. The standard InChI is InChI=1S/C20H21ClN2O3/c1-13-8-14(2)10-17(9-13)26-12-20(25)23-22-19(24)7-6-16-5-4-15(3)18(21)11-16/h4-11H,12H2,1-3H3,(H,22,24)(H,23,25)/b7-6+. The number of benzene rings is 2. The molecule has 0 heterocycles. The van der Waals surface area contributed by atoms with E-state index in [-0.39, 0.29) is 6.61 Å². The summed E-state index contributed by atoms with van der Waals surface area (Å²) in [5.41, 5.74) is 8.45. The van der Waals surface area contributed by atoms with Crippen LogP contribution in [0.15, 0.2) is 42.5 Å². The average Bonchev–Trinajstić information content (AvgIpc) is 2.58. The van der Waals surface area contributed by atoms with Gasteiger partial charge in [-0.05, 0) is 67.3 Å². The van der Waals surface area contributed by atoms with Crippen molar-refractivity contribution in [1.29, 1.82) is 0 Å². The van der Waals surface area contributed by atoms with Crippen molar-refractivity contribution in [1.82, 2.24) is 10.9 Å².